The maximum atomic E-state index is 4.15. The lowest BCUT2D eigenvalue weighted by atomic mass is 10.4. The number of nitrogens with zero attached hydrogens (tertiary/aromatic N) is 3. The Hall–Kier alpha value is -1.43. The summed E-state index contributed by atoms with van der Waals surface area (Å²) in [5.74, 6) is 1.73. The summed E-state index contributed by atoms with van der Waals surface area (Å²) < 4.78 is 0.735. The predicted molar refractivity (Wildman–Crippen MR) is 60.5 cm³/mol. The van der Waals surface area contributed by atoms with Gasteiger partial charge in [0.1, 0.15) is 16.2 Å². The number of anilines is 1. The standard InChI is InChI=1S/C9H10BrN5/c10-7-5-15-9(6-14-7)11-2-1-8-12-3-4-13-8/h3-6H,1-2H2,(H,11,15)(H,12,13). The average molecular weight is 268 g/mol. The molecule has 0 spiro atoms. The topological polar surface area (TPSA) is 66.5 Å². The molecule has 2 heterocycles. The van der Waals surface area contributed by atoms with E-state index in [9.17, 15) is 0 Å². The molecule has 2 aromatic heterocycles. The summed E-state index contributed by atoms with van der Waals surface area (Å²) in [6, 6.07) is 0. The highest BCUT2D eigenvalue weighted by molar-refractivity contribution is 9.10. The van der Waals surface area contributed by atoms with Gasteiger partial charge in [-0.25, -0.2) is 15.0 Å². The van der Waals surface area contributed by atoms with E-state index in [1.807, 2.05) is 6.20 Å². The van der Waals surface area contributed by atoms with Crippen LogP contribution in [0.1, 0.15) is 5.82 Å². The molecule has 0 aliphatic heterocycles. The van der Waals surface area contributed by atoms with Gasteiger partial charge >= 0.3 is 0 Å². The Morgan fingerprint density at radius 1 is 1.27 bits per heavy atom. The van der Waals surface area contributed by atoms with Crippen molar-refractivity contribution in [2.45, 2.75) is 6.42 Å². The Bertz CT molecular complexity index is 397. The van der Waals surface area contributed by atoms with Crippen LogP contribution in [-0.4, -0.2) is 26.5 Å². The fraction of sp³-hybridized carbons (Fsp3) is 0.222. The maximum absolute atomic E-state index is 4.15. The van der Waals surface area contributed by atoms with Crippen LogP contribution in [-0.2, 0) is 6.42 Å². The molecule has 0 atom stereocenters. The van der Waals surface area contributed by atoms with E-state index >= 15 is 0 Å². The van der Waals surface area contributed by atoms with Crippen molar-refractivity contribution < 1.29 is 0 Å². The molecule has 0 unspecified atom stereocenters. The monoisotopic (exact) mass is 267 g/mol. The first-order chi connectivity index (χ1) is 7.34. The minimum absolute atomic E-state index is 0.735. The maximum Gasteiger partial charge on any atom is 0.144 e. The van der Waals surface area contributed by atoms with Gasteiger partial charge in [0.25, 0.3) is 0 Å². The second-order valence-corrected chi connectivity index (χ2v) is 3.75. The third kappa shape index (κ3) is 3.02. The summed E-state index contributed by atoms with van der Waals surface area (Å²) in [6.45, 7) is 0.782. The lowest BCUT2D eigenvalue weighted by molar-refractivity contribution is 0.919. The minimum atomic E-state index is 0.735. The summed E-state index contributed by atoms with van der Waals surface area (Å²) in [5.41, 5.74) is 0. The molecule has 0 aliphatic rings. The van der Waals surface area contributed by atoms with Crippen molar-refractivity contribution in [3.63, 3.8) is 0 Å². The first-order valence-electron chi connectivity index (χ1n) is 4.54. The second-order valence-electron chi connectivity index (χ2n) is 2.94. The van der Waals surface area contributed by atoms with Crippen LogP contribution >= 0.6 is 15.9 Å². The first-order valence-corrected chi connectivity index (χ1v) is 5.33. The Kier molecular flexibility index (Phi) is 3.29. The second kappa shape index (κ2) is 4.88. The van der Waals surface area contributed by atoms with Gasteiger partial charge in [-0.15, -0.1) is 0 Å². The Labute approximate surface area is 95.5 Å². The van der Waals surface area contributed by atoms with Crippen LogP contribution < -0.4 is 5.32 Å². The quantitative estimate of drug-likeness (QED) is 0.884. The van der Waals surface area contributed by atoms with Crippen LogP contribution in [0.5, 0.6) is 0 Å². The lowest BCUT2D eigenvalue weighted by Crippen LogP contribution is -2.07. The molecule has 5 nitrogen and oxygen atoms in total. The summed E-state index contributed by atoms with van der Waals surface area (Å²) >= 11 is 3.23. The van der Waals surface area contributed by atoms with Crippen molar-refractivity contribution in [3.8, 4) is 0 Å². The van der Waals surface area contributed by atoms with E-state index in [0.717, 1.165) is 29.2 Å². The summed E-state index contributed by atoms with van der Waals surface area (Å²) in [7, 11) is 0. The van der Waals surface area contributed by atoms with E-state index in [2.05, 4.69) is 41.2 Å². The van der Waals surface area contributed by atoms with Crippen molar-refractivity contribution in [1.82, 2.24) is 19.9 Å². The van der Waals surface area contributed by atoms with Crippen molar-refractivity contribution in [2.24, 2.45) is 0 Å². The van der Waals surface area contributed by atoms with E-state index in [4.69, 9.17) is 0 Å². The van der Waals surface area contributed by atoms with Gasteiger partial charge in [-0.05, 0) is 15.9 Å². The fourth-order valence-electron chi connectivity index (χ4n) is 1.15. The van der Waals surface area contributed by atoms with E-state index in [0.29, 0.717) is 0 Å². The molecule has 0 amide bonds. The van der Waals surface area contributed by atoms with Gasteiger partial charge in [0, 0.05) is 25.4 Å². The Morgan fingerprint density at radius 2 is 2.20 bits per heavy atom. The van der Waals surface area contributed by atoms with Gasteiger partial charge in [-0.2, -0.15) is 0 Å². The van der Waals surface area contributed by atoms with E-state index in [1.165, 1.54) is 0 Å². The van der Waals surface area contributed by atoms with Gasteiger partial charge in [-0.1, -0.05) is 0 Å². The van der Waals surface area contributed by atoms with Crippen molar-refractivity contribution in [3.05, 3.63) is 35.2 Å². The average Bonchev–Trinajstić information content (AvgIpc) is 2.74. The molecule has 0 fully saturated rings. The van der Waals surface area contributed by atoms with Crippen LogP contribution in [0.3, 0.4) is 0 Å². The molecule has 0 radical (unpaired) electrons. The van der Waals surface area contributed by atoms with Gasteiger partial charge in [0.05, 0.1) is 12.4 Å². The molecule has 0 bridgehead atoms. The molecular weight excluding hydrogens is 258 g/mol. The molecule has 0 aromatic carbocycles. The SMILES string of the molecule is Brc1cnc(NCCc2ncc[nH]2)cn1. The van der Waals surface area contributed by atoms with E-state index in [-0.39, 0.29) is 0 Å². The summed E-state index contributed by atoms with van der Waals surface area (Å²) in [6.07, 6.45) is 7.75. The highest BCUT2D eigenvalue weighted by Crippen LogP contribution is 2.05. The molecule has 15 heavy (non-hydrogen) atoms. The molecule has 2 aromatic rings. The number of H-pyrrole nitrogens is 1. The van der Waals surface area contributed by atoms with E-state index in [1.54, 1.807) is 18.6 Å². The molecule has 0 saturated carbocycles. The summed E-state index contributed by atoms with van der Waals surface area (Å²) in [5, 5.41) is 3.16. The molecule has 78 valence electrons. The number of halogens is 1. The summed E-state index contributed by atoms with van der Waals surface area (Å²) in [4.78, 5) is 15.4. The highest BCUT2D eigenvalue weighted by atomic mass is 79.9. The van der Waals surface area contributed by atoms with Gasteiger partial charge < -0.3 is 10.3 Å². The number of imidazole rings is 1. The highest BCUT2D eigenvalue weighted by Gasteiger charge is 1.96. The van der Waals surface area contributed by atoms with Crippen molar-refractivity contribution in [1.29, 1.82) is 0 Å². The Morgan fingerprint density at radius 3 is 2.87 bits per heavy atom. The van der Waals surface area contributed by atoms with Crippen LogP contribution in [0.4, 0.5) is 5.82 Å². The normalized spacial score (nSPS) is 10.2. The number of hydrogen-bond acceptors (Lipinski definition) is 4. The Balaban J connectivity index is 1.81. The number of aromatic nitrogens is 4. The zero-order valence-electron chi connectivity index (χ0n) is 7.94. The largest absolute Gasteiger partial charge is 0.368 e. The number of nitrogens with one attached hydrogen (secondary N) is 2. The van der Waals surface area contributed by atoms with Crippen LogP contribution in [0.15, 0.2) is 29.4 Å². The predicted octanol–water partition coefficient (Wildman–Crippen LogP) is 1.62. The van der Waals surface area contributed by atoms with Gasteiger partial charge in [0.15, 0.2) is 0 Å². The van der Waals surface area contributed by atoms with Gasteiger partial charge in [-0.3, -0.25) is 0 Å². The fourth-order valence-corrected chi connectivity index (χ4v) is 1.35. The molecule has 2 N–H and O–H groups in total. The van der Waals surface area contributed by atoms with Crippen molar-refractivity contribution in [2.75, 3.05) is 11.9 Å². The third-order valence-electron chi connectivity index (χ3n) is 1.84. The molecule has 0 saturated heterocycles. The van der Waals surface area contributed by atoms with Crippen molar-refractivity contribution >= 4 is 21.7 Å². The first kappa shape index (κ1) is 10.1. The number of rotatable bonds is 4. The third-order valence-corrected chi connectivity index (χ3v) is 2.25. The molecule has 6 heteroatoms. The van der Waals surface area contributed by atoms with Crippen LogP contribution in [0.2, 0.25) is 0 Å². The minimum Gasteiger partial charge on any atom is -0.368 e. The van der Waals surface area contributed by atoms with Gasteiger partial charge in [0.2, 0.25) is 0 Å². The number of hydrogen-bond donors (Lipinski definition) is 2. The zero-order chi connectivity index (χ0) is 10.5. The van der Waals surface area contributed by atoms with Crippen LogP contribution in [0.25, 0.3) is 0 Å². The molecule has 0 aliphatic carbocycles. The smallest absolute Gasteiger partial charge is 0.144 e. The molecule has 2 rings (SSSR count). The van der Waals surface area contributed by atoms with Crippen LogP contribution in [0, 0.1) is 0 Å². The zero-order valence-corrected chi connectivity index (χ0v) is 9.53. The molecular formula is C9H10BrN5. The lowest BCUT2D eigenvalue weighted by Gasteiger charge is -2.02. The number of aromatic amines is 1. The van der Waals surface area contributed by atoms with E-state index < -0.39 is 0 Å².